The Labute approximate surface area is 131 Å². The Kier molecular flexibility index (Phi) is 4.56. The largest absolute Gasteiger partial charge is 0.392 e. The van der Waals surface area contributed by atoms with Crippen molar-refractivity contribution in [3.8, 4) is 0 Å². The highest BCUT2D eigenvalue weighted by molar-refractivity contribution is 5.84. The van der Waals surface area contributed by atoms with Gasteiger partial charge in [0.25, 0.3) is 0 Å². The molecule has 1 atom stereocenters. The summed E-state index contributed by atoms with van der Waals surface area (Å²) in [5.41, 5.74) is 3.82. The summed E-state index contributed by atoms with van der Waals surface area (Å²) in [5.74, 6) is 0. The Morgan fingerprint density at radius 3 is 2.55 bits per heavy atom. The van der Waals surface area contributed by atoms with Gasteiger partial charge in [0.15, 0.2) is 0 Å². The maximum absolute atomic E-state index is 9.38. The second kappa shape index (κ2) is 6.77. The molecule has 3 heteroatoms. The van der Waals surface area contributed by atoms with Gasteiger partial charge in [-0.1, -0.05) is 48.5 Å². The molecule has 0 aliphatic rings. The highest BCUT2D eigenvalue weighted by Gasteiger charge is 2.08. The number of rotatable bonds is 6. The van der Waals surface area contributed by atoms with Crippen molar-refractivity contribution in [2.24, 2.45) is 0 Å². The number of benzene rings is 2. The molecule has 1 unspecified atom stereocenters. The van der Waals surface area contributed by atoms with Gasteiger partial charge in [-0.05, 0) is 24.1 Å². The highest BCUT2D eigenvalue weighted by Crippen LogP contribution is 2.22. The van der Waals surface area contributed by atoms with Crippen molar-refractivity contribution in [3.63, 3.8) is 0 Å². The fraction of sp³-hybridized carbons (Fsp3) is 0.263. The molecule has 1 aromatic heterocycles. The predicted octanol–water partition coefficient (Wildman–Crippen LogP) is 3.16. The summed E-state index contributed by atoms with van der Waals surface area (Å²) in [4.78, 5) is 0. The maximum Gasteiger partial charge on any atom is 0.0636 e. The molecule has 0 radical (unpaired) electrons. The van der Waals surface area contributed by atoms with E-state index in [4.69, 9.17) is 0 Å². The summed E-state index contributed by atoms with van der Waals surface area (Å²) in [7, 11) is 0. The minimum Gasteiger partial charge on any atom is -0.392 e. The normalized spacial score (nSPS) is 12.6. The van der Waals surface area contributed by atoms with Crippen LogP contribution in [0.4, 0.5) is 0 Å². The molecule has 3 aromatic rings. The average molecular weight is 294 g/mol. The van der Waals surface area contributed by atoms with Crippen LogP contribution in [0, 0.1) is 0 Å². The van der Waals surface area contributed by atoms with Crippen LogP contribution in [0.25, 0.3) is 10.9 Å². The zero-order valence-electron chi connectivity index (χ0n) is 12.9. The fourth-order valence-electron chi connectivity index (χ4n) is 2.79. The summed E-state index contributed by atoms with van der Waals surface area (Å²) >= 11 is 0. The van der Waals surface area contributed by atoms with Crippen molar-refractivity contribution >= 4 is 10.9 Å². The molecule has 0 spiro atoms. The number of aliphatic hydroxyl groups is 1. The third-order valence-electron chi connectivity index (χ3n) is 3.82. The van der Waals surface area contributed by atoms with E-state index in [9.17, 15) is 5.11 Å². The van der Waals surface area contributed by atoms with Gasteiger partial charge >= 0.3 is 0 Å². The van der Waals surface area contributed by atoms with E-state index in [0.717, 1.165) is 13.1 Å². The standard InChI is InChI=1S/C19H22N2O/c1-15(22)11-20-12-17-14-21(13-16-7-3-2-4-8-16)19-10-6-5-9-18(17)19/h2-10,14-15,20,22H,11-13H2,1H3. The average Bonchev–Trinajstić information content (AvgIpc) is 2.86. The molecule has 0 saturated carbocycles. The van der Waals surface area contributed by atoms with Crippen LogP contribution in [0.3, 0.4) is 0 Å². The van der Waals surface area contributed by atoms with Crippen molar-refractivity contribution in [1.82, 2.24) is 9.88 Å². The highest BCUT2D eigenvalue weighted by atomic mass is 16.3. The predicted molar refractivity (Wildman–Crippen MR) is 90.9 cm³/mol. The molecule has 2 N–H and O–H groups in total. The molecule has 0 fully saturated rings. The van der Waals surface area contributed by atoms with Crippen LogP contribution in [-0.2, 0) is 13.1 Å². The van der Waals surface area contributed by atoms with Crippen LogP contribution < -0.4 is 5.32 Å². The molecule has 2 aromatic carbocycles. The van der Waals surface area contributed by atoms with Gasteiger partial charge in [0.2, 0.25) is 0 Å². The zero-order chi connectivity index (χ0) is 15.4. The Bertz CT molecular complexity index is 732. The van der Waals surface area contributed by atoms with Crippen LogP contribution in [-0.4, -0.2) is 22.3 Å². The summed E-state index contributed by atoms with van der Waals surface area (Å²) in [6, 6.07) is 19.0. The van der Waals surface area contributed by atoms with E-state index in [1.165, 1.54) is 22.0 Å². The topological polar surface area (TPSA) is 37.2 Å². The smallest absolute Gasteiger partial charge is 0.0636 e. The molecule has 0 bridgehead atoms. The number of fused-ring (bicyclic) bond motifs is 1. The Balaban J connectivity index is 1.87. The van der Waals surface area contributed by atoms with E-state index in [1.54, 1.807) is 6.92 Å². The number of nitrogens with one attached hydrogen (secondary N) is 1. The number of hydrogen-bond acceptors (Lipinski definition) is 2. The third-order valence-corrected chi connectivity index (χ3v) is 3.82. The SMILES string of the molecule is CC(O)CNCc1cn(Cc2ccccc2)c2ccccc12. The molecule has 114 valence electrons. The number of nitrogens with zero attached hydrogens (tertiary/aromatic N) is 1. The lowest BCUT2D eigenvalue weighted by atomic mass is 10.2. The van der Waals surface area contributed by atoms with Gasteiger partial charge in [0.05, 0.1) is 6.10 Å². The minimum atomic E-state index is -0.322. The summed E-state index contributed by atoms with van der Waals surface area (Å²) in [5, 5.41) is 14.0. The van der Waals surface area contributed by atoms with Crippen molar-refractivity contribution < 1.29 is 5.11 Å². The lowest BCUT2D eigenvalue weighted by molar-refractivity contribution is 0.191. The first-order chi connectivity index (χ1) is 10.7. The second-order valence-corrected chi connectivity index (χ2v) is 5.76. The molecule has 3 nitrogen and oxygen atoms in total. The zero-order valence-corrected chi connectivity index (χ0v) is 12.9. The lowest BCUT2D eigenvalue weighted by Gasteiger charge is -2.06. The molecular weight excluding hydrogens is 272 g/mol. The Hall–Kier alpha value is -2.10. The first-order valence-corrected chi connectivity index (χ1v) is 7.73. The lowest BCUT2D eigenvalue weighted by Crippen LogP contribution is -2.23. The van der Waals surface area contributed by atoms with Gasteiger partial charge in [-0.3, -0.25) is 0 Å². The summed E-state index contributed by atoms with van der Waals surface area (Å²) in [6.07, 6.45) is 1.89. The number of aromatic nitrogens is 1. The number of para-hydroxylation sites is 1. The Morgan fingerprint density at radius 1 is 1.05 bits per heavy atom. The van der Waals surface area contributed by atoms with Crippen LogP contribution in [0.5, 0.6) is 0 Å². The fourth-order valence-corrected chi connectivity index (χ4v) is 2.79. The van der Waals surface area contributed by atoms with Crippen LogP contribution in [0.15, 0.2) is 60.8 Å². The quantitative estimate of drug-likeness (QED) is 0.733. The first kappa shape index (κ1) is 14.8. The van der Waals surface area contributed by atoms with Gasteiger partial charge in [-0.2, -0.15) is 0 Å². The van der Waals surface area contributed by atoms with Crippen molar-refractivity contribution in [2.75, 3.05) is 6.54 Å². The minimum absolute atomic E-state index is 0.322. The second-order valence-electron chi connectivity index (χ2n) is 5.76. The third kappa shape index (κ3) is 3.38. The van der Waals surface area contributed by atoms with E-state index in [0.29, 0.717) is 6.54 Å². The Morgan fingerprint density at radius 2 is 1.77 bits per heavy atom. The monoisotopic (exact) mass is 294 g/mol. The molecule has 0 amide bonds. The van der Waals surface area contributed by atoms with E-state index >= 15 is 0 Å². The van der Waals surface area contributed by atoms with E-state index in [1.807, 2.05) is 6.07 Å². The van der Waals surface area contributed by atoms with Gasteiger partial charge in [0.1, 0.15) is 0 Å². The van der Waals surface area contributed by atoms with Gasteiger partial charge in [0, 0.05) is 36.7 Å². The molecule has 0 aliphatic carbocycles. The van der Waals surface area contributed by atoms with Crippen molar-refractivity contribution in [3.05, 3.63) is 71.9 Å². The first-order valence-electron chi connectivity index (χ1n) is 7.73. The van der Waals surface area contributed by atoms with Crippen molar-refractivity contribution in [2.45, 2.75) is 26.1 Å². The van der Waals surface area contributed by atoms with E-state index < -0.39 is 0 Å². The molecule has 22 heavy (non-hydrogen) atoms. The number of aliphatic hydroxyl groups excluding tert-OH is 1. The van der Waals surface area contributed by atoms with E-state index in [2.05, 4.69) is 64.6 Å². The molecule has 0 aliphatic heterocycles. The van der Waals surface area contributed by atoms with Gasteiger partial charge in [-0.25, -0.2) is 0 Å². The molecule has 1 heterocycles. The van der Waals surface area contributed by atoms with Crippen molar-refractivity contribution in [1.29, 1.82) is 0 Å². The van der Waals surface area contributed by atoms with Crippen LogP contribution in [0.2, 0.25) is 0 Å². The summed E-state index contributed by atoms with van der Waals surface area (Å²) in [6.45, 7) is 4.05. The molecule has 0 saturated heterocycles. The van der Waals surface area contributed by atoms with Crippen LogP contribution >= 0.6 is 0 Å². The van der Waals surface area contributed by atoms with Gasteiger partial charge < -0.3 is 15.0 Å². The van der Waals surface area contributed by atoms with E-state index in [-0.39, 0.29) is 6.10 Å². The molecule has 3 rings (SSSR count). The summed E-state index contributed by atoms with van der Waals surface area (Å²) < 4.78 is 2.30. The van der Waals surface area contributed by atoms with Crippen LogP contribution in [0.1, 0.15) is 18.1 Å². The number of hydrogen-bond donors (Lipinski definition) is 2. The van der Waals surface area contributed by atoms with Gasteiger partial charge in [-0.15, -0.1) is 0 Å². The molecular formula is C19H22N2O. The maximum atomic E-state index is 9.38.